The van der Waals surface area contributed by atoms with Gasteiger partial charge in [-0.2, -0.15) is 0 Å². The van der Waals surface area contributed by atoms with Gasteiger partial charge in [0.15, 0.2) is 0 Å². The molecule has 0 spiro atoms. The van der Waals surface area contributed by atoms with Crippen LogP contribution in [0.2, 0.25) is 0 Å². The van der Waals surface area contributed by atoms with E-state index in [1.54, 1.807) is 19.2 Å². The second-order valence-corrected chi connectivity index (χ2v) is 4.23. The van der Waals surface area contributed by atoms with Crippen molar-refractivity contribution in [2.45, 2.75) is 13.2 Å². The second-order valence-electron chi connectivity index (χ2n) is 3.38. The third-order valence-corrected chi connectivity index (χ3v) is 2.88. The molecular weight excluding hydrogens is 274 g/mol. The van der Waals surface area contributed by atoms with E-state index in [-0.39, 0.29) is 0 Å². The Kier molecular flexibility index (Phi) is 5.21. The smallest absolute Gasteiger partial charge is 0.136 e. The molecule has 5 heteroatoms. The van der Waals surface area contributed by atoms with Crippen molar-refractivity contribution in [3.8, 4) is 5.75 Å². The maximum Gasteiger partial charge on any atom is 0.136 e. The highest BCUT2D eigenvalue weighted by atomic mass is 79.9. The predicted octanol–water partition coefficient (Wildman–Crippen LogP) is 1.73. The fourth-order valence-electron chi connectivity index (χ4n) is 1.40. The minimum atomic E-state index is -0.988. The van der Waals surface area contributed by atoms with Gasteiger partial charge >= 0.3 is 0 Å². The number of hydrogen-bond donors (Lipinski definition) is 2. The molecular formula is C11H16BrNO3. The molecule has 0 amide bonds. The van der Waals surface area contributed by atoms with E-state index in [4.69, 9.17) is 15.2 Å². The van der Waals surface area contributed by atoms with E-state index in [9.17, 15) is 5.11 Å². The van der Waals surface area contributed by atoms with Crippen molar-refractivity contribution in [3.63, 3.8) is 0 Å². The van der Waals surface area contributed by atoms with Crippen LogP contribution in [0.25, 0.3) is 0 Å². The van der Waals surface area contributed by atoms with Crippen molar-refractivity contribution in [2.75, 3.05) is 20.3 Å². The van der Waals surface area contributed by atoms with Crippen molar-refractivity contribution < 1.29 is 14.6 Å². The maximum atomic E-state index is 9.37. The van der Waals surface area contributed by atoms with E-state index < -0.39 is 6.23 Å². The van der Waals surface area contributed by atoms with Gasteiger partial charge in [-0.1, -0.05) is 6.07 Å². The lowest BCUT2D eigenvalue weighted by atomic mass is 10.1. The number of methoxy groups -OCH3 is 1. The minimum absolute atomic E-state index is 0.458. The van der Waals surface area contributed by atoms with Crippen molar-refractivity contribution in [1.29, 1.82) is 0 Å². The summed E-state index contributed by atoms with van der Waals surface area (Å²) < 4.78 is 11.3. The van der Waals surface area contributed by atoms with Crippen LogP contribution < -0.4 is 10.5 Å². The van der Waals surface area contributed by atoms with Crippen molar-refractivity contribution in [3.05, 3.63) is 27.7 Å². The quantitative estimate of drug-likeness (QED) is 0.640. The molecule has 1 unspecified atom stereocenters. The molecule has 1 aromatic rings. The highest BCUT2D eigenvalue weighted by Crippen LogP contribution is 2.32. The Morgan fingerprint density at radius 2 is 2.12 bits per heavy atom. The van der Waals surface area contributed by atoms with Crippen LogP contribution in [0.5, 0.6) is 5.75 Å². The summed E-state index contributed by atoms with van der Waals surface area (Å²) in [5, 5.41) is 9.37. The lowest BCUT2D eigenvalue weighted by molar-refractivity contribution is 0.144. The second kappa shape index (κ2) is 6.20. The first kappa shape index (κ1) is 13.4. The van der Waals surface area contributed by atoms with E-state index in [0.29, 0.717) is 24.5 Å². The van der Waals surface area contributed by atoms with Crippen LogP contribution in [-0.4, -0.2) is 25.4 Å². The first-order chi connectivity index (χ1) is 7.57. The van der Waals surface area contributed by atoms with Gasteiger partial charge in [0.1, 0.15) is 18.6 Å². The summed E-state index contributed by atoms with van der Waals surface area (Å²) in [4.78, 5) is 0. The van der Waals surface area contributed by atoms with E-state index in [2.05, 4.69) is 15.9 Å². The van der Waals surface area contributed by atoms with Gasteiger partial charge in [-0.25, -0.2) is 0 Å². The molecule has 0 saturated carbocycles. The Hall–Kier alpha value is -0.620. The van der Waals surface area contributed by atoms with Gasteiger partial charge in [-0.3, -0.25) is 0 Å². The number of aliphatic hydroxyl groups is 1. The van der Waals surface area contributed by atoms with Gasteiger partial charge in [0.2, 0.25) is 0 Å². The van der Waals surface area contributed by atoms with Gasteiger partial charge in [-0.15, -0.1) is 0 Å². The third-order valence-electron chi connectivity index (χ3n) is 2.25. The molecule has 0 aliphatic heterocycles. The molecule has 16 heavy (non-hydrogen) atoms. The SMILES string of the molecule is COCCOc1c(Br)ccc(C(N)O)c1C. The Balaban J connectivity index is 2.92. The van der Waals surface area contributed by atoms with E-state index in [1.165, 1.54) is 0 Å². The first-order valence-electron chi connectivity index (χ1n) is 4.92. The number of aliphatic hydroxyl groups excluding tert-OH is 1. The highest BCUT2D eigenvalue weighted by Gasteiger charge is 2.13. The van der Waals surface area contributed by atoms with Crippen LogP contribution in [-0.2, 0) is 4.74 Å². The van der Waals surface area contributed by atoms with Crippen LogP contribution in [0, 0.1) is 6.92 Å². The largest absolute Gasteiger partial charge is 0.490 e. The van der Waals surface area contributed by atoms with Gasteiger partial charge in [-0.05, 0) is 34.5 Å². The molecule has 0 heterocycles. The van der Waals surface area contributed by atoms with Gasteiger partial charge in [0, 0.05) is 12.7 Å². The standard InChI is InChI=1S/C11H16BrNO3/c1-7-8(11(13)14)3-4-9(12)10(7)16-6-5-15-2/h3-4,11,14H,5-6,13H2,1-2H3. The molecule has 90 valence electrons. The zero-order chi connectivity index (χ0) is 12.1. The number of nitrogens with two attached hydrogens (primary N) is 1. The Morgan fingerprint density at radius 1 is 1.44 bits per heavy atom. The van der Waals surface area contributed by atoms with Crippen LogP contribution in [0.4, 0.5) is 0 Å². The minimum Gasteiger partial charge on any atom is -0.490 e. The zero-order valence-electron chi connectivity index (χ0n) is 9.37. The van der Waals surface area contributed by atoms with E-state index in [1.807, 2.05) is 6.92 Å². The topological polar surface area (TPSA) is 64.7 Å². The monoisotopic (exact) mass is 289 g/mol. The van der Waals surface area contributed by atoms with E-state index >= 15 is 0 Å². The number of halogens is 1. The summed E-state index contributed by atoms with van der Waals surface area (Å²) in [6.07, 6.45) is -0.988. The van der Waals surface area contributed by atoms with Crippen molar-refractivity contribution in [1.82, 2.24) is 0 Å². The maximum absolute atomic E-state index is 9.37. The number of ether oxygens (including phenoxy) is 2. The van der Waals surface area contributed by atoms with Gasteiger partial charge in [0.25, 0.3) is 0 Å². The summed E-state index contributed by atoms with van der Waals surface area (Å²) in [6.45, 7) is 2.83. The highest BCUT2D eigenvalue weighted by molar-refractivity contribution is 9.10. The molecule has 0 radical (unpaired) electrons. The molecule has 1 rings (SSSR count). The predicted molar refractivity (Wildman–Crippen MR) is 65.4 cm³/mol. The molecule has 3 N–H and O–H groups in total. The molecule has 0 fully saturated rings. The molecule has 0 aromatic heterocycles. The van der Waals surface area contributed by atoms with Crippen molar-refractivity contribution in [2.24, 2.45) is 5.73 Å². The number of rotatable bonds is 5. The summed E-state index contributed by atoms with van der Waals surface area (Å²) in [7, 11) is 1.62. The van der Waals surface area contributed by atoms with Crippen LogP contribution in [0.3, 0.4) is 0 Å². The first-order valence-corrected chi connectivity index (χ1v) is 5.71. The molecule has 0 aliphatic carbocycles. The zero-order valence-corrected chi connectivity index (χ0v) is 11.0. The van der Waals surface area contributed by atoms with Crippen LogP contribution in [0.1, 0.15) is 17.4 Å². The number of hydrogen-bond acceptors (Lipinski definition) is 4. The summed E-state index contributed by atoms with van der Waals surface area (Å²) in [6, 6.07) is 3.58. The fraction of sp³-hybridized carbons (Fsp3) is 0.455. The Bertz CT molecular complexity index is 355. The van der Waals surface area contributed by atoms with Crippen LogP contribution in [0.15, 0.2) is 16.6 Å². The normalized spacial score (nSPS) is 12.6. The third kappa shape index (κ3) is 3.18. The average molecular weight is 290 g/mol. The van der Waals surface area contributed by atoms with Crippen molar-refractivity contribution >= 4 is 15.9 Å². The molecule has 1 atom stereocenters. The number of benzene rings is 1. The molecule has 0 saturated heterocycles. The lowest BCUT2D eigenvalue weighted by Gasteiger charge is -2.15. The summed E-state index contributed by atoms with van der Waals surface area (Å²) in [5.41, 5.74) is 6.94. The fourth-order valence-corrected chi connectivity index (χ4v) is 1.94. The molecule has 0 aliphatic rings. The Morgan fingerprint density at radius 3 is 2.69 bits per heavy atom. The lowest BCUT2D eigenvalue weighted by Crippen LogP contribution is -2.12. The van der Waals surface area contributed by atoms with E-state index in [0.717, 1.165) is 10.0 Å². The Labute approximate surface area is 103 Å². The molecule has 1 aromatic carbocycles. The molecule has 4 nitrogen and oxygen atoms in total. The van der Waals surface area contributed by atoms with Gasteiger partial charge in [0.05, 0.1) is 11.1 Å². The summed E-state index contributed by atoms with van der Waals surface area (Å²) in [5.74, 6) is 0.694. The molecule has 0 bridgehead atoms. The van der Waals surface area contributed by atoms with Gasteiger partial charge < -0.3 is 20.3 Å². The van der Waals surface area contributed by atoms with Crippen LogP contribution >= 0.6 is 15.9 Å². The average Bonchev–Trinajstić information content (AvgIpc) is 2.22. The summed E-state index contributed by atoms with van der Waals surface area (Å²) >= 11 is 3.39.